The maximum atomic E-state index is 11.1. The molecule has 1 aliphatic heterocycles. The van der Waals surface area contributed by atoms with Gasteiger partial charge in [-0.25, -0.2) is 0 Å². The van der Waals surface area contributed by atoms with E-state index in [1.54, 1.807) is 7.11 Å². The number of likely N-dealkylation sites (tertiary alicyclic amines) is 1. The Morgan fingerprint density at radius 3 is 2.66 bits per heavy atom. The summed E-state index contributed by atoms with van der Waals surface area (Å²) in [5, 5.41) is 7.16. The number of primary amides is 1. The normalized spacial score (nSPS) is 20.4. The number of carbonyl (C=O) groups excluding carboxylic acids is 1. The van der Waals surface area contributed by atoms with Crippen LogP contribution in [0.2, 0.25) is 0 Å². The standard InChI is InChI=1S/C22H35N5O2/c1-24-21(26-18-8-12-27(13-9-18)15-20(23)28)25-16-22(10-3-4-11-22)17-6-5-7-19(14-17)29-2/h5-7,14,18H,3-4,8-13,15-16H2,1-2H3,(H2,23,28)(H2,24,25,26). The molecule has 0 spiro atoms. The summed E-state index contributed by atoms with van der Waals surface area (Å²) in [4.78, 5) is 17.7. The van der Waals surface area contributed by atoms with Crippen LogP contribution in [0.3, 0.4) is 0 Å². The molecule has 2 fully saturated rings. The third-order valence-electron chi connectivity index (χ3n) is 6.37. The van der Waals surface area contributed by atoms with Gasteiger partial charge in [-0.3, -0.25) is 14.7 Å². The van der Waals surface area contributed by atoms with Gasteiger partial charge in [0.05, 0.1) is 13.7 Å². The molecular formula is C22H35N5O2. The Balaban J connectivity index is 1.57. The van der Waals surface area contributed by atoms with Crippen molar-refractivity contribution in [1.29, 1.82) is 0 Å². The van der Waals surface area contributed by atoms with Crippen molar-refractivity contribution in [3.05, 3.63) is 29.8 Å². The maximum absolute atomic E-state index is 11.1. The van der Waals surface area contributed by atoms with Gasteiger partial charge in [-0.1, -0.05) is 25.0 Å². The Morgan fingerprint density at radius 1 is 1.31 bits per heavy atom. The minimum atomic E-state index is -0.256. The molecule has 0 unspecified atom stereocenters. The molecule has 1 aliphatic carbocycles. The van der Waals surface area contributed by atoms with Crippen molar-refractivity contribution in [2.75, 3.05) is 40.3 Å². The molecule has 1 saturated heterocycles. The fourth-order valence-electron chi connectivity index (χ4n) is 4.67. The summed E-state index contributed by atoms with van der Waals surface area (Å²) in [6.07, 6.45) is 6.82. The summed E-state index contributed by atoms with van der Waals surface area (Å²) in [6.45, 7) is 2.97. The number of guanidine groups is 1. The highest BCUT2D eigenvalue weighted by molar-refractivity contribution is 5.80. The van der Waals surface area contributed by atoms with Crippen molar-refractivity contribution in [2.45, 2.75) is 50.0 Å². The predicted molar refractivity (Wildman–Crippen MR) is 116 cm³/mol. The van der Waals surface area contributed by atoms with Crippen molar-refractivity contribution in [2.24, 2.45) is 10.7 Å². The van der Waals surface area contributed by atoms with Crippen LogP contribution >= 0.6 is 0 Å². The van der Waals surface area contributed by atoms with E-state index in [1.165, 1.54) is 31.2 Å². The first-order valence-corrected chi connectivity index (χ1v) is 10.7. The monoisotopic (exact) mass is 401 g/mol. The number of rotatable bonds is 7. The molecule has 7 heteroatoms. The molecule has 4 N–H and O–H groups in total. The molecular weight excluding hydrogens is 366 g/mol. The van der Waals surface area contributed by atoms with Crippen LogP contribution < -0.4 is 21.1 Å². The van der Waals surface area contributed by atoms with Crippen molar-refractivity contribution < 1.29 is 9.53 Å². The number of nitrogens with one attached hydrogen (secondary N) is 2. The zero-order valence-corrected chi connectivity index (χ0v) is 17.7. The van der Waals surface area contributed by atoms with Gasteiger partial charge in [0.25, 0.3) is 0 Å². The van der Waals surface area contributed by atoms with E-state index in [-0.39, 0.29) is 11.3 Å². The molecule has 0 aromatic heterocycles. The predicted octanol–water partition coefficient (Wildman–Crippen LogP) is 1.62. The molecule has 0 atom stereocenters. The van der Waals surface area contributed by atoms with Crippen molar-refractivity contribution >= 4 is 11.9 Å². The number of amides is 1. The summed E-state index contributed by atoms with van der Waals surface area (Å²) in [7, 11) is 3.55. The van der Waals surface area contributed by atoms with E-state index in [4.69, 9.17) is 10.5 Å². The van der Waals surface area contributed by atoms with E-state index in [9.17, 15) is 4.79 Å². The van der Waals surface area contributed by atoms with Crippen LogP contribution in [0.15, 0.2) is 29.3 Å². The van der Waals surface area contributed by atoms with E-state index in [0.29, 0.717) is 12.6 Å². The molecule has 1 amide bonds. The van der Waals surface area contributed by atoms with Gasteiger partial charge in [-0.2, -0.15) is 0 Å². The second-order valence-corrected chi connectivity index (χ2v) is 8.31. The van der Waals surface area contributed by atoms with Gasteiger partial charge in [0.2, 0.25) is 5.91 Å². The topological polar surface area (TPSA) is 92.0 Å². The third kappa shape index (κ3) is 5.63. The van der Waals surface area contributed by atoms with Gasteiger partial charge < -0.3 is 21.1 Å². The third-order valence-corrected chi connectivity index (χ3v) is 6.37. The smallest absolute Gasteiger partial charge is 0.231 e. The van der Waals surface area contributed by atoms with Crippen LogP contribution in [-0.4, -0.2) is 63.1 Å². The van der Waals surface area contributed by atoms with Crippen LogP contribution in [0.25, 0.3) is 0 Å². The Hall–Kier alpha value is -2.28. The minimum Gasteiger partial charge on any atom is -0.497 e. The minimum absolute atomic E-state index is 0.122. The Kier molecular flexibility index (Phi) is 7.36. The van der Waals surface area contributed by atoms with E-state index in [0.717, 1.165) is 44.2 Å². The molecule has 0 radical (unpaired) electrons. The Bertz CT molecular complexity index is 707. The van der Waals surface area contributed by atoms with E-state index in [1.807, 2.05) is 13.1 Å². The SMILES string of the molecule is CN=C(NCC1(c2cccc(OC)c2)CCCC1)NC1CCN(CC(N)=O)CC1. The van der Waals surface area contributed by atoms with Gasteiger partial charge in [-0.15, -0.1) is 0 Å². The van der Waals surface area contributed by atoms with Crippen LogP contribution in [0.4, 0.5) is 0 Å². The van der Waals surface area contributed by atoms with Crippen LogP contribution in [-0.2, 0) is 10.2 Å². The van der Waals surface area contributed by atoms with Crippen molar-refractivity contribution in [1.82, 2.24) is 15.5 Å². The van der Waals surface area contributed by atoms with Crippen LogP contribution in [0.1, 0.15) is 44.1 Å². The summed E-state index contributed by atoms with van der Waals surface area (Å²) < 4.78 is 5.45. The highest BCUT2D eigenvalue weighted by Crippen LogP contribution is 2.41. The van der Waals surface area contributed by atoms with Gasteiger partial charge in [0.1, 0.15) is 5.75 Å². The number of nitrogens with zero attached hydrogens (tertiary/aromatic N) is 2. The molecule has 7 nitrogen and oxygen atoms in total. The molecule has 1 saturated carbocycles. The fourth-order valence-corrected chi connectivity index (χ4v) is 4.67. The highest BCUT2D eigenvalue weighted by Gasteiger charge is 2.36. The number of benzene rings is 1. The number of methoxy groups -OCH3 is 1. The fraction of sp³-hybridized carbons (Fsp3) is 0.636. The lowest BCUT2D eigenvalue weighted by Gasteiger charge is -2.34. The molecule has 1 aromatic carbocycles. The average molecular weight is 402 g/mol. The molecule has 160 valence electrons. The van der Waals surface area contributed by atoms with Gasteiger partial charge in [0, 0.05) is 38.1 Å². The number of piperidine rings is 1. The van der Waals surface area contributed by atoms with Gasteiger partial charge >= 0.3 is 0 Å². The first kappa shape index (κ1) is 21.4. The largest absolute Gasteiger partial charge is 0.497 e. The second-order valence-electron chi connectivity index (χ2n) is 8.31. The lowest BCUT2D eigenvalue weighted by molar-refractivity contribution is -0.119. The maximum Gasteiger partial charge on any atom is 0.231 e. The lowest BCUT2D eigenvalue weighted by atomic mass is 9.78. The Morgan fingerprint density at radius 2 is 2.03 bits per heavy atom. The molecule has 3 rings (SSSR count). The summed E-state index contributed by atoms with van der Waals surface area (Å²) in [6, 6.07) is 8.85. The average Bonchev–Trinajstić information content (AvgIpc) is 3.22. The zero-order valence-electron chi connectivity index (χ0n) is 17.7. The summed E-state index contributed by atoms with van der Waals surface area (Å²) in [5.74, 6) is 1.51. The lowest BCUT2D eigenvalue weighted by Crippen LogP contribution is -2.51. The summed E-state index contributed by atoms with van der Waals surface area (Å²) in [5.41, 5.74) is 6.77. The van der Waals surface area contributed by atoms with E-state index in [2.05, 4.69) is 38.7 Å². The number of carbonyl (C=O) groups is 1. The summed E-state index contributed by atoms with van der Waals surface area (Å²) >= 11 is 0. The number of ether oxygens (including phenoxy) is 1. The number of aliphatic imine (C=N–C) groups is 1. The first-order chi connectivity index (χ1) is 14.0. The molecule has 2 aliphatic rings. The van der Waals surface area contributed by atoms with Crippen molar-refractivity contribution in [3.8, 4) is 5.75 Å². The molecule has 29 heavy (non-hydrogen) atoms. The second kappa shape index (κ2) is 9.96. The van der Waals surface area contributed by atoms with Gasteiger partial charge in [0.15, 0.2) is 5.96 Å². The number of hydrogen-bond donors (Lipinski definition) is 3. The molecule has 0 bridgehead atoms. The van der Waals surface area contributed by atoms with Crippen LogP contribution in [0, 0.1) is 0 Å². The molecule has 1 aromatic rings. The number of nitrogens with two attached hydrogens (primary N) is 1. The highest BCUT2D eigenvalue weighted by atomic mass is 16.5. The molecule has 1 heterocycles. The van der Waals surface area contributed by atoms with E-state index < -0.39 is 0 Å². The zero-order chi connectivity index (χ0) is 20.7. The Labute approximate surface area is 174 Å². The van der Waals surface area contributed by atoms with Crippen LogP contribution in [0.5, 0.6) is 5.75 Å². The first-order valence-electron chi connectivity index (χ1n) is 10.7. The quantitative estimate of drug-likeness (QED) is 0.477. The van der Waals surface area contributed by atoms with E-state index >= 15 is 0 Å². The number of hydrogen-bond acceptors (Lipinski definition) is 4. The van der Waals surface area contributed by atoms with Crippen molar-refractivity contribution in [3.63, 3.8) is 0 Å². The van der Waals surface area contributed by atoms with Gasteiger partial charge in [-0.05, 0) is 43.4 Å².